The number of amides is 1. The van der Waals surface area contributed by atoms with Crippen molar-refractivity contribution in [2.75, 3.05) is 12.0 Å². The van der Waals surface area contributed by atoms with Crippen LogP contribution in [0.4, 0.5) is 0 Å². The van der Waals surface area contributed by atoms with Gasteiger partial charge in [0.25, 0.3) is 0 Å². The second-order valence-electron chi connectivity index (χ2n) is 4.57. The molecule has 1 aromatic rings. The van der Waals surface area contributed by atoms with Crippen LogP contribution in [0.2, 0.25) is 0 Å². The zero-order valence-electron chi connectivity index (χ0n) is 11.4. The van der Waals surface area contributed by atoms with Crippen LogP contribution in [0.1, 0.15) is 24.9 Å². The Kier molecular flexibility index (Phi) is 7.09. The number of thioether (sulfide) groups is 1. The van der Waals surface area contributed by atoms with Gasteiger partial charge < -0.3 is 10.4 Å². The van der Waals surface area contributed by atoms with E-state index in [0.717, 1.165) is 10.0 Å². The summed E-state index contributed by atoms with van der Waals surface area (Å²) >= 11 is 4.93. The maximum absolute atomic E-state index is 12.0. The second-order valence-corrected chi connectivity index (χ2v) is 6.39. The average Bonchev–Trinajstić information content (AvgIpc) is 2.38. The van der Waals surface area contributed by atoms with E-state index < -0.39 is 12.0 Å². The van der Waals surface area contributed by atoms with Gasteiger partial charge >= 0.3 is 5.97 Å². The van der Waals surface area contributed by atoms with Crippen LogP contribution in [-0.2, 0) is 9.59 Å². The van der Waals surface area contributed by atoms with E-state index in [9.17, 15) is 9.59 Å². The third-order valence-corrected chi connectivity index (χ3v) is 4.19. The number of nitrogens with one attached hydrogen (secondary N) is 1. The lowest BCUT2D eigenvalue weighted by Gasteiger charge is -2.20. The van der Waals surface area contributed by atoms with Gasteiger partial charge in [-0.1, -0.05) is 35.0 Å². The lowest BCUT2D eigenvalue weighted by Crippen LogP contribution is -2.34. The Bertz CT molecular complexity index is 464. The quantitative estimate of drug-likeness (QED) is 0.784. The van der Waals surface area contributed by atoms with E-state index in [0.29, 0.717) is 5.75 Å². The Balaban J connectivity index is 2.81. The highest BCUT2D eigenvalue weighted by molar-refractivity contribution is 9.10. The predicted molar refractivity (Wildman–Crippen MR) is 84.8 cm³/mol. The first-order valence-corrected chi connectivity index (χ1v) is 8.39. The normalized spacial score (nSPS) is 13.6. The van der Waals surface area contributed by atoms with Crippen LogP contribution >= 0.6 is 27.7 Å². The highest BCUT2D eigenvalue weighted by Crippen LogP contribution is 2.20. The zero-order valence-corrected chi connectivity index (χ0v) is 13.8. The first kappa shape index (κ1) is 17.0. The predicted octanol–water partition coefficient (Wildman–Crippen LogP) is 3.08. The molecule has 0 radical (unpaired) electrons. The minimum absolute atomic E-state index is 0.117. The van der Waals surface area contributed by atoms with Gasteiger partial charge in [0.2, 0.25) is 5.91 Å². The number of halogens is 1. The summed E-state index contributed by atoms with van der Waals surface area (Å²) < 4.78 is 0.914. The number of carboxylic acids is 1. The largest absolute Gasteiger partial charge is 0.481 e. The fourth-order valence-corrected chi connectivity index (χ4v) is 2.68. The number of aliphatic carboxylic acids is 1. The Morgan fingerprint density at radius 1 is 1.35 bits per heavy atom. The molecule has 1 aromatic carbocycles. The van der Waals surface area contributed by atoms with Crippen molar-refractivity contribution in [3.63, 3.8) is 0 Å². The highest BCUT2D eigenvalue weighted by Gasteiger charge is 2.21. The summed E-state index contributed by atoms with van der Waals surface area (Å²) in [5.41, 5.74) is 0.792. The van der Waals surface area contributed by atoms with Crippen LogP contribution in [0.25, 0.3) is 0 Å². The average molecular weight is 360 g/mol. The Morgan fingerprint density at radius 3 is 2.45 bits per heavy atom. The summed E-state index contributed by atoms with van der Waals surface area (Å²) in [6.07, 6.45) is 1.81. The molecule has 2 N–H and O–H groups in total. The molecule has 20 heavy (non-hydrogen) atoms. The van der Waals surface area contributed by atoms with Crippen molar-refractivity contribution in [1.29, 1.82) is 0 Å². The molecule has 1 rings (SSSR count). The summed E-state index contributed by atoms with van der Waals surface area (Å²) in [7, 11) is 0. The van der Waals surface area contributed by atoms with E-state index >= 15 is 0 Å². The molecular formula is C14H18BrNO3S. The van der Waals surface area contributed by atoms with Gasteiger partial charge in [-0.2, -0.15) is 11.8 Å². The third kappa shape index (κ3) is 5.54. The topological polar surface area (TPSA) is 66.4 Å². The summed E-state index contributed by atoms with van der Waals surface area (Å²) in [6, 6.07) is 6.80. The fourth-order valence-electron chi connectivity index (χ4n) is 1.76. The second kappa shape index (κ2) is 8.32. The van der Waals surface area contributed by atoms with Crippen molar-refractivity contribution in [1.82, 2.24) is 5.32 Å². The Hall–Kier alpha value is -1.01. The van der Waals surface area contributed by atoms with Gasteiger partial charge in [0.15, 0.2) is 0 Å². The SMILES string of the molecule is CSC[C@@H](C)C(=O)N[C@@H](CC(=O)O)c1ccc(Br)cc1. The van der Waals surface area contributed by atoms with E-state index in [1.165, 1.54) is 0 Å². The van der Waals surface area contributed by atoms with Gasteiger partial charge in [-0.3, -0.25) is 9.59 Å². The standard InChI is InChI=1S/C14H18BrNO3S/c1-9(8-20-2)14(19)16-12(7-13(17)18)10-3-5-11(15)6-4-10/h3-6,9,12H,7-8H2,1-2H3,(H,16,19)(H,17,18)/t9-,12+/m1/s1. The number of hydrogen-bond acceptors (Lipinski definition) is 3. The van der Waals surface area contributed by atoms with Crippen LogP contribution in [-0.4, -0.2) is 29.0 Å². The van der Waals surface area contributed by atoms with E-state index in [1.54, 1.807) is 11.8 Å². The van der Waals surface area contributed by atoms with Gasteiger partial charge in [0.1, 0.15) is 0 Å². The van der Waals surface area contributed by atoms with E-state index in [1.807, 2.05) is 37.4 Å². The van der Waals surface area contributed by atoms with Crippen molar-refractivity contribution in [2.45, 2.75) is 19.4 Å². The zero-order chi connectivity index (χ0) is 15.1. The molecule has 0 aliphatic rings. The molecule has 0 aliphatic carbocycles. The summed E-state index contributed by atoms with van der Waals surface area (Å²) in [5.74, 6) is -0.479. The van der Waals surface area contributed by atoms with Crippen LogP contribution in [0, 0.1) is 5.92 Å². The molecule has 0 spiro atoms. The van der Waals surface area contributed by atoms with E-state index in [-0.39, 0.29) is 18.2 Å². The van der Waals surface area contributed by atoms with Crippen molar-refractivity contribution >= 4 is 39.6 Å². The smallest absolute Gasteiger partial charge is 0.305 e. The van der Waals surface area contributed by atoms with E-state index in [2.05, 4.69) is 21.2 Å². The first-order chi connectivity index (χ1) is 9.43. The van der Waals surface area contributed by atoms with Crippen LogP contribution in [0.5, 0.6) is 0 Å². The van der Waals surface area contributed by atoms with Crippen LogP contribution < -0.4 is 5.32 Å². The van der Waals surface area contributed by atoms with Gasteiger partial charge in [0, 0.05) is 16.1 Å². The summed E-state index contributed by atoms with van der Waals surface area (Å²) in [5, 5.41) is 11.8. The molecule has 110 valence electrons. The van der Waals surface area contributed by atoms with Crippen LogP contribution in [0.15, 0.2) is 28.7 Å². The molecular weight excluding hydrogens is 342 g/mol. The van der Waals surface area contributed by atoms with Crippen LogP contribution in [0.3, 0.4) is 0 Å². The molecule has 6 heteroatoms. The van der Waals surface area contributed by atoms with Gasteiger partial charge in [-0.05, 0) is 24.0 Å². The number of benzene rings is 1. The number of hydrogen-bond donors (Lipinski definition) is 2. The first-order valence-electron chi connectivity index (χ1n) is 6.20. The molecule has 0 aliphatic heterocycles. The Morgan fingerprint density at radius 2 is 1.95 bits per heavy atom. The molecule has 0 heterocycles. The van der Waals surface area contributed by atoms with Crippen molar-refractivity contribution < 1.29 is 14.7 Å². The monoisotopic (exact) mass is 359 g/mol. The molecule has 0 saturated carbocycles. The number of carboxylic acid groups (broad SMARTS) is 1. The molecule has 1 amide bonds. The molecule has 0 saturated heterocycles. The number of rotatable bonds is 7. The minimum Gasteiger partial charge on any atom is -0.481 e. The van der Waals surface area contributed by atoms with Gasteiger partial charge in [-0.15, -0.1) is 0 Å². The summed E-state index contributed by atoms with van der Waals surface area (Å²) in [4.78, 5) is 23.0. The fraction of sp³-hybridized carbons (Fsp3) is 0.429. The lowest BCUT2D eigenvalue weighted by molar-refractivity contribution is -0.137. The number of carbonyl (C=O) groups is 2. The number of carbonyl (C=O) groups excluding carboxylic acids is 1. The summed E-state index contributed by atoms with van der Waals surface area (Å²) in [6.45, 7) is 1.84. The lowest BCUT2D eigenvalue weighted by atomic mass is 10.0. The molecule has 2 atom stereocenters. The maximum Gasteiger partial charge on any atom is 0.305 e. The molecule has 0 aromatic heterocycles. The van der Waals surface area contributed by atoms with E-state index in [4.69, 9.17) is 5.11 Å². The third-order valence-electron chi connectivity index (χ3n) is 2.83. The van der Waals surface area contributed by atoms with Gasteiger partial charge in [0.05, 0.1) is 12.5 Å². The minimum atomic E-state index is -0.935. The highest BCUT2D eigenvalue weighted by atomic mass is 79.9. The van der Waals surface area contributed by atoms with Crippen molar-refractivity contribution in [3.8, 4) is 0 Å². The molecule has 0 unspecified atom stereocenters. The molecule has 0 fully saturated rings. The Labute approximate surface area is 131 Å². The maximum atomic E-state index is 12.0. The van der Waals surface area contributed by atoms with Crippen molar-refractivity contribution in [2.24, 2.45) is 5.92 Å². The van der Waals surface area contributed by atoms with Crippen molar-refractivity contribution in [3.05, 3.63) is 34.3 Å². The molecule has 0 bridgehead atoms. The molecule has 4 nitrogen and oxygen atoms in total. The van der Waals surface area contributed by atoms with Gasteiger partial charge in [-0.25, -0.2) is 0 Å².